The number of rotatable bonds is 8. The minimum atomic E-state index is -2.37. The van der Waals surface area contributed by atoms with Gasteiger partial charge in [0.05, 0.1) is 0 Å². The molecular weight excluding hydrogens is 1270 g/mol. The fourth-order valence-electron chi connectivity index (χ4n) is 14.1. The minimum Gasteiger partial charge on any atom is -0.201 e. The van der Waals surface area contributed by atoms with Crippen molar-refractivity contribution in [3.8, 4) is 67.5 Å². The summed E-state index contributed by atoms with van der Waals surface area (Å²) in [6.45, 7) is 25.2. The number of pyridine rings is 6. The van der Waals surface area contributed by atoms with Gasteiger partial charge < -0.3 is 0 Å². The van der Waals surface area contributed by atoms with E-state index in [1.165, 1.54) is 92.5 Å². The van der Waals surface area contributed by atoms with Gasteiger partial charge in [-0.3, -0.25) is 0 Å². The normalized spacial score (nSPS) is 15.0. The molecule has 6 nitrogen and oxygen atoms in total. The number of nitrogens with zero attached hydrogens (tertiary/aromatic N) is 6. The third-order valence-corrected chi connectivity index (χ3v) is 21.5. The summed E-state index contributed by atoms with van der Waals surface area (Å²) >= 11 is 0. The van der Waals surface area contributed by atoms with E-state index >= 15 is 0 Å². The molecule has 12 aromatic rings. The second-order valence-electron chi connectivity index (χ2n) is 28.7. The zero-order valence-corrected chi connectivity index (χ0v) is 67.1. The first-order chi connectivity index (χ1) is 55.4. The summed E-state index contributed by atoms with van der Waals surface area (Å²) in [5, 5.41) is 0. The maximum absolute atomic E-state index is 8.76. The Hall–Kier alpha value is -9.78. The average molecular weight is 1410 g/mol. The lowest BCUT2D eigenvalue weighted by Crippen LogP contribution is -2.37. The van der Waals surface area contributed by atoms with E-state index in [2.05, 4.69) is 201 Å². The molecule has 0 saturated heterocycles. The molecule has 6 aromatic heterocycles. The second-order valence-corrected chi connectivity index (χ2v) is 28.7. The van der Waals surface area contributed by atoms with Gasteiger partial charge in [0, 0.05) is 157 Å². The molecule has 1 fully saturated rings. The summed E-state index contributed by atoms with van der Waals surface area (Å²) in [6.07, 6.45) is 6.56. The molecule has 6 heterocycles. The van der Waals surface area contributed by atoms with Gasteiger partial charge in [-0.15, -0.1) is 0 Å². The van der Waals surface area contributed by atoms with E-state index in [1.807, 2.05) is 168 Å². The van der Waals surface area contributed by atoms with Crippen LogP contribution in [0.5, 0.6) is 0 Å². The van der Waals surface area contributed by atoms with Gasteiger partial charge in [0.15, 0.2) is 34.7 Å². The molecule has 0 aliphatic heterocycles. The van der Waals surface area contributed by atoms with Crippen LogP contribution in [-0.4, -0.2) is 0 Å². The first kappa shape index (κ1) is 62.6. The van der Waals surface area contributed by atoms with Crippen LogP contribution < -0.4 is 27.4 Å². The fraction of sp³-hybridized carbons (Fsp3) is 0.333. The Kier molecular flexibility index (Phi) is 21.6. The first-order valence-electron chi connectivity index (χ1n) is 43.7. The summed E-state index contributed by atoms with van der Waals surface area (Å²) in [7, 11) is 11.9. The standard InChI is InChI=1S/C19H24N.2C17H22N.C16H20N.2C15H18N/c1-14-8-4-7-11-17(14)19-12-15(2)18(13-20(19)3)16-9-5-6-10-16;1-11-9-7-8-10-16(11)17-14(4)12(2)13(3)15(5)18(17)6;1-12(2)15-10-11-17(18(5)14(15)4)16-9-7-6-8-13(16)3;1-11-8-6-7-9-15(11)16-10-12(2)13(3)14(4)17(16)5;1-11-9-13(3)16(4)15(10-11)14-8-6-5-7-12(14)2;1-11-9-10-15(16(4)13(11)3)14-8-6-5-7-12(14)2/h4,7-8,11-13,16H,5-6,9-10H2,1-3H3;7-10H,1-6H3;6-12H,1-5H3;6-10H,1-5H3;2*5-10H,1-4H3/q6*+1/i16D;3D3;1D3,12D;3D3;;1D3. The second kappa shape index (κ2) is 36.3. The summed E-state index contributed by atoms with van der Waals surface area (Å²) in [4.78, 5) is 0. The van der Waals surface area contributed by atoms with Crippen molar-refractivity contribution in [2.24, 2.45) is 42.3 Å². The number of aromatic nitrogens is 6. The molecule has 0 radical (unpaired) electrons. The molecule has 1 aliphatic carbocycles. The molecule has 544 valence electrons. The number of hydrogen-bond donors (Lipinski definition) is 0. The highest BCUT2D eigenvalue weighted by Crippen LogP contribution is 2.37. The van der Waals surface area contributed by atoms with Crippen molar-refractivity contribution in [2.75, 3.05) is 0 Å². The lowest BCUT2D eigenvalue weighted by molar-refractivity contribution is -0.667. The monoisotopic (exact) mass is 1410 g/mol. The van der Waals surface area contributed by atoms with Gasteiger partial charge in [-0.25, -0.2) is 4.57 Å². The molecule has 0 spiro atoms. The van der Waals surface area contributed by atoms with Crippen LogP contribution in [0.15, 0.2) is 200 Å². The molecule has 105 heavy (non-hydrogen) atoms. The van der Waals surface area contributed by atoms with Gasteiger partial charge in [0.25, 0.3) is 0 Å². The van der Waals surface area contributed by atoms with E-state index in [1.54, 1.807) is 12.1 Å². The average Bonchev–Trinajstić information content (AvgIpc) is 1.18. The Labute approximate surface area is 653 Å². The largest absolute Gasteiger partial charge is 0.215 e. The number of benzene rings is 6. The van der Waals surface area contributed by atoms with Crippen LogP contribution in [0.1, 0.15) is 188 Å². The quantitative estimate of drug-likeness (QED) is 0.135. The Bertz CT molecular complexity index is 5630. The summed E-state index contributed by atoms with van der Waals surface area (Å²) in [5.74, 6) is -1.99. The Balaban J connectivity index is 0.000000178. The molecular formula is C99H124N6+6. The predicted molar refractivity (Wildman–Crippen MR) is 444 cm³/mol. The highest BCUT2D eigenvalue weighted by atomic mass is 15.0. The highest BCUT2D eigenvalue weighted by molar-refractivity contribution is 5.67. The third-order valence-electron chi connectivity index (χ3n) is 21.5. The van der Waals surface area contributed by atoms with Crippen molar-refractivity contribution < 1.29 is 46.6 Å². The molecule has 0 N–H and O–H groups in total. The van der Waals surface area contributed by atoms with Gasteiger partial charge in [0.1, 0.15) is 42.3 Å². The van der Waals surface area contributed by atoms with Crippen molar-refractivity contribution in [1.82, 2.24) is 0 Å². The van der Waals surface area contributed by atoms with Gasteiger partial charge in [-0.2, -0.15) is 22.8 Å². The summed E-state index contributed by atoms with van der Waals surface area (Å²) in [5.41, 5.74) is 34.0. The molecule has 1 saturated carbocycles. The Morgan fingerprint density at radius 3 is 1.20 bits per heavy atom. The molecule has 13 rings (SSSR count). The molecule has 1 unspecified atom stereocenters. The highest BCUT2D eigenvalue weighted by Gasteiger charge is 2.26. The maximum Gasteiger partial charge on any atom is 0.215 e. The van der Waals surface area contributed by atoms with E-state index in [4.69, 9.17) is 19.2 Å². The zero-order chi connectivity index (χ0) is 88.7. The first-order valence-corrected chi connectivity index (χ1v) is 36.7. The van der Waals surface area contributed by atoms with Crippen molar-refractivity contribution in [3.63, 3.8) is 0 Å². The van der Waals surface area contributed by atoms with Gasteiger partial charge in [0.2, 0.25) is 34.2 Å². The van der Waals surface area contributed by atoms with Crippen LogP contribution in [0.25, 0.3) is 67.5 Å². The molecule has 0 amide bonds. The molecule has 6 heteroatoms. The smallest absolute Gasteiger partial charge is 0.201 e. The minimum absolute atomic E-state index is 0.369. The molecule has 6 aromatic carbocycles. The van der Waals surface area contributed by atoms with Crippen molar-refractivity contribution in [2.45, 2.75) is 183 Å². The predicted octanol–water partition coefficient (Wildman–Crippen LogP) is 21.7. The lowest BCUT2D eigenvalue weighted by atomic mass is 9.93. The Morgan fingerprint density at radius 1 is 0.343 bits per heavy atom. The fourth-order valence-corrected chi connectivity index (χ4v) is 14.1. The Morgan fingerprint density at radius 2 is 0.743 bits per heavy atom. The van der Waals surface area contributed by atoms with Gasteiger partial charge in [-0.1, -0.05) is 136 Å². The summed E-state index contributed by atoms with van der Waals surface area (Å²) in [6, 6.07) is 65.5. The van der Waals surface area contributed by atoms with E-state index < -0.39 is 33.3 Å². The van der Waals surface area contributed by atoms with Gasteiger partial charge >= 0.3 is 0 Å². The topological polar surface area (TPSA) is 23.3 Å². The van der Waals surface area contributed by atoms with Crippen molar-refractivity contribution in [3.05, 3.63) is 318 Å². The summed E-state index contributed by atoms with van der Waals surface area (Å²) < 4.78 is 121. The van der Waals surface area contributed by atoms with E-state index in [-0.39, 0.29) is 5.89 Å². The van der Waals surface area contributed by atoms with Crippen LogP contribution in [0.2, 0.25) is 0 Å². The van der Waals surface area contributed by atoms with Crippen LogP contribution in [0.4, 0.5) is 0 Å². The van der Waals surface area contributed by atoms with Crippen LogP contribution in [-0.2, 0) is 42.3 Å². The maximum atomic E-state index is 8.76. The van der Waals surface area contributed by atoms with Gasteiger partial charge in [-0.05, 0) is 226 Å². The van der Waals surface area contributed by atoms with Crippen LogP contribution >= 0.6 is 0 Å². The molecule has 1 aliphatic rings. The third kappa shape index (κ3) is 19.0. The zero-order valence-electron chi connectivity index (χ0n) is 81.1. The number of hydrogen-bond acceptors (Lipinski definition) is 0. The van der Waals surface area contributed by atoms with E-state index in [0.29, 0.717) is 22.3 Å². The van der Waals surface area contributed by atoms with Crippen LogP contribution in [0.3, 0.4) is 0 Å². The number of aryl methyl sites for hydroxylation is 12. The molecule has 1 atom stereocenters. The van der Waals surface area contributed by atoms with Crippen molar-refractivity contribution in [1.29, 1.82) is 0 Å². The van der Waals surface area contributed by atoms with Crippen molar-refractivity contribution >= 4 is 0 Å². The van der Waals surface area contributed by atoms with Crippen LogP contribution in [0, 0.1) is 131 Å². The molecule has 0 bridgehead atoms. The lowest BCUT2D eigenvalue weighted by Gasteiger charge is -2.13. The van der Waals surface area contributed by atoms with E-state index in [9.17, 15) is 0 Å². The van der Waals surface area contributed by atoms with E-state index in [0.717, 1.165) is 103 Å². The SMILES string of the molecule is Cc1cc(C)[n+](C)c(-c2ccccc2C)c1.[2H]C([2H])([2H])C([2H])(C)c1ccc(-c2ccccc2C)[n+](C)c1C.[2H]C([2H])([2H])c1c(C)c(C)c(-c2ccccc2C)[n+](C)c1C.[2H]C([2H])([2H])c1c(C)cc(-c2ccccc2C)[n+](C)c1C.[2H]C([2H])([2H])c1ccc(-c2ccccc2C)[n+](C)c1C.[2H]C1(c2c[n+](C)c(-c3ccccc3C)cc2C)CCCC1.